The molecule has 162 valence electrons. The van der Waals surface area contributed by atoms with E-state index >= 15 is 0 Å². The van der Waals surface area contributed by atoms with Gasteiger partial charge in [0.15, 0.2) is 0 Å². The Morgan fingerprint density at radius 1 is 1.27 bits per heavy atom. The Balaban J connectivity index is 1.37. The van der Waals surface area contributed by atoms with Gasteiger partial charge in [0.1, 0.15) is 11.4 Å². The zero-order valence-corrected chi connectivity index (χ0v) is 18.1. The van der Waals surface area contributed by atoms with Crippen molar-refractivity contribution < 1.29 is 18.8 Å². The summed E-state index contributed by atoms with van der Waals surface area (Å²) in [5.41, 5.74) is 1.10. The first kappa shape index (κ1) is 19.8. The average Bonchev–Trinajstić information content (AvgIpc) is 3.38. The molecular weight excluding hydrogens is 382 g/mol. The summed E-state index contributed by atoms with van der Waals surface area (Å²) < 4.78 is 11.6. The lowest BCUT2D eigenvalue weighted by molar-refractivity contribution is -0.143. The third-order valence-electron chi connectivity index (χ3n) is 7.63. The third kappa shape index (κ3) is 2.93. The van der Waals surface area contributed by atoms with Crippen molar-refractivity contribution in [3.8, 4) is 0 Å². The number of carbonyl (C=O) groups is 2. The summed E-state index contributed by atoms with van der Waals surface area (Å²) >= 11 is 0. The lowest BCUT2D eigenvalue weighted by Crippen LogP contribution is -2.45. The van der Waals surface area contributed by atoms with Crippen molar-refractivity contribution in [3.63, 3.8) is 0 Å². The lowest BCUT2D eigenvalue weighted by Gasteiger charge is -2.30. The Bertz CT molecular complexity index is 866. The molecule has 1 spiro atoms. The monoisotopic (exact) mass is 413 g/mol. The predicted octanol–water partition coefficient (Wildman–Crippen LogP) is 2.75. The molecule has 7 nitrogen and oxygen atoms in total. The normalized spacial score (nSPS) is 33.2. The molecule has 3 aliphatic heterocycles. The predicted molar refractivity (Wildman–Crippen MR) is 109 cm³/mol. The molecule has 1 aromatic rings. The second-order valence-electron chi connectivity index (χ2n) is 9.51. The molecule has 0 radical (unpaired) electrons. The number of fused-ring (bicyclic) bond motifs is 1. The van der Waals surface area contributed by atoms with E-state index in [-0.39, 0.29) is 24.0 Å². The van der Waals surface area contributed by atoms with E-state index in [0.29, 0.717) is 13.1 Å². The zero-order valence-electron chi connectivity index (χ0n) is 18.1. The van der Waals surface area contributed by atoms with Gasteiger partial charge in [-0.1, -0.05) is 43.0 Å². The molecule has 7 heteroatoms. The van der Waals surface area contributed by atoms with Gasteiger partial charge in [0.25, 0.3) is 0 Å². The number of nitrogens with zero attached hydrogens (tertiary/aromatic N) is 3. The molecule has 0 aromatic carbocycles. The van der Waals surface area contributed by atoms with Crippen LogP contribution in [0.3, 0.4) is 0 Å². The minimum Gasteiger partial charge on any atom is -0.361 e. The summed E-state index contributed by atoms with van der Waals surface area (Å²) in [6.45, 7) is 4.75. The lowest BCUT2D eigenvalue weighted by atomic mass is 9.76. The topological polar surface area (TPSA) is 75.9 Å². The summed E-state index contributed by atoms with van der Waals surface area (Å²) in [6, 6.07) is 0.284. The molecular formula is C23H31N3O4. The van der Waals surface area contributed by atoms with Gasteiger partial charge in [-0.2, -0.15) is 0 Å². The van der Waals surface area contributed by atoms with Crippen molar-refractivity contribution in [2.24, 2.45) is 11.8 Å². The molecule has 0 N–H and O–H groups in total. The highest BCUT2D eigenvalue weighted by Crippen LogP contribution is 2.53. The van der Waals surface area contributed by atoms with E-state index in [1.807, 2.05) is 24.8 Å². The van der Waals surface area contributed by atoms with E-state index in [1.165, 1.54) is 25.7 Å². The van der Waals surface area contributed by atoms with Gasteiger partial charge in [-0.15, -0.1) is 0 Å². The zero-order chi connectivity index (χ0) is 21.0. The van der Waals surface area contributed by atoms with Crippen LogP contribution in [0.2, 0.25) is 0 Å². The molecule has 2 saturated heterocycles. The van der Waals surface area contributed by atoms with Crippen molar-refractivity contribution in [2.75, 3.05) is 13.6 Å². The summed E-state index contributed by atoms with van der Waals surface area (Å²) in [7, 11) is 1.79. The Morgan fingerprint density at radius 2 is 2.00 bits per heavy atom. The maximum Gasteiger partial charge on any atom is 0.230 e. The Kier molecular flexibility index (Phi) is 4.76. The maximum atomic E-state index is 13.6. The number of hydrogen-bond donors (Lipinski definition) is 0. The van der Waals surface area contributed by atoms with E-state index in [1.54, 1.807) is 11.9 Å². The first-order chi connectivity index (χ1) is 14.4. The molecule has 4 unspecified atom stereocenters. The number of aryl methyl sites for hydroxylation is 2. The van der Waals surface area contributed by atoms with Gasteiger partial charge in [0, 0.05) is 18.7 Å². The molecule has 4 aliphatic rings. The summed E-state index contributed by atoms with van der Waals surface area (Å²) in [5, 5.41) is 3.99. The first-order valence-electron chi connectivity index (χ1n) is 11.3. The van der Waals surface area contributed by atoms with Crippen molar-refractivity contribution in [3.05, 3.63) is 29.2 Å². The molecule has 4 heterocycles. The molecule has 3 fully saturated rings. The minimum atomic E-state index is -0.627. The fourth-order valence-electron chi connectivity index (χ4n) is 5.99. The quantitative estimate of drug-likeness (QED) is 0.560. The Morgan fingerprint density at radius 3 is 2.67 bits per heavy atom. The highest BCUT2D eigenvalue weighted by molar-refractivity contribution is 5.93. The third-order valence-corrected chi connectivity index (χ3v) is 7.63. The Hall–Kier alpha value is -2.15. The van der Waals surface area contributed by atoms with Gasteiger partial charge in [-0.3, -0.25) is 9.59 Å². The fraction of sp³-hybridized carbons (Fsp3) is 0.696. The molecule has 30 heavy (non-hydrogen) atoms. The highest BCUT2D eigenvalue weighted by atomic mass is 16.5. The molecule has 1 aromatic heterocycles. The van der Waals surface area contributed by atoms with Crippen LogP contribution in [0.4, 0.5) is 0 Å². The second-order valence-corrected chi connectivity index (χ2v) is 9.51. The van der Waals surface area contributed by atoms with Crippen LogP contribution in [0.5, 0.6) is 0 Å². The maximum absolute atomic E-state index is 13.6. The van der Waals surface area contributed by atoms with Crippen molar-refractivity contribution >= 4 is 11.8 Å². The second kappa shape index (κ2) is 7.22. The van der Waals surface area contributed by atoms with E-state index in [2.05, 4.69) is 11.2 Å². The van der Waals surface area contributed by atoms with Gasteiger partial charge in [-0.25, -0.2) is 0 Å². The van der Waals surface area contributed by atoms with Gasteiger partial charge in [0.05, 0.1) is 36.7 Å². The number of carbonyl (C=O) groups excluding carboxylic acids is 2. The Labute approximate surface area is 177 Å². The number of ether oxygens (including phenoxy) is 1. The number of amides is 2. The van der Waals surface area contributed by atoms with Gasteiger partial charge < -0.3 is 19.1 Å². The summed E-state index contributed by atoms with van der Waals surface area (Å²) in [6.07, 6.45) is 10.7. The van der Waals surface area contributed by atoms with Crippen molar-refractivity contribution in [2.45, 2.75) is 76.7 Å². The number of rotatable bonds is 4. The van der Waals surface area contributed by atoms with Gasteiger partial charge >= 0.3 is 0 Å². The van der Waals surface area contributed by atoms with Crippen LogP contribution < -0.4 is 0 Å². The van der Waals surface area contributed by atoms with Crippen LogP contribution in [-0.2, 0) is 20.9 Å². The smallest absolute Gasteiger partial charge is 0.230 e. The fourth-order valence-corrected chi connectivity index (χ4v) is 5.99. The average molecular weight is 414 g/mol. The molecule has 1 aliphatic carbocycles. The van der Waals surface area contributed by atoms with E-state index in [0.717, 1.165) is 29.9 Å². The van der Waals surface area contributed by atoms with Crippen LogP contribution in [0.1, 0.15) is 55.5 Å². The van der Waals surface area contributed by atoms with Crippen LogP contribution in [0, 0.1) is 25.7 Å². The van der Waals surface area contributed by atoms with Crippen LogP contribution >= 0.6 is 0 Å². The van der Waals surface area contributed by atoms with E-state index in [9.17, 15) is 9.59 Å². The number of likely N-dealkylation sites (tertiary alicyclic amines) is 1. The van der Waals surface area contributed by atoms with E-state index < -0.39 is 17.4 Å². The standard InChI is InChI=1S/C23H31N3O4/c1-14-17(15(2)30-24-14)12-25(3)21(27)19-18-10-11-23(29-18)13-26(22(28)20(19)23)16-8-6-4-5-7-9-16/h10-11,16,18-20H,4-9,12-13H2,1-3H3. The summed E-state index contributed by atoms with van der Waals surface area (Å²) in [5.74, 6) is -0.0616. The highest BCUT2D eigenvalue weighted by Gasteiger charge is 2.67. The minimum absolute atomic E-state index is 0.0349. The molecule has 4 atom stereocenters. The molecule has 2 amide bonds. The van der Waals surface area contributed by atoms with Crippen LogP contribution in [0.25, 0.3) is 0 Å². The first-order valence-corrected chi connectivity index (χ1v) is 11.3. The van der Waals surface area contributed by atoms with Gasteiger partial charge in [0.2, 0.25) is 11.8 Å². The largest absolute Gasteiger partial charge is 0.361 e. The SMILES string of the molecule is Cc1noc(C)c1CN(C)C(=O)C1C2C=CC3(CN(C4CCCCCC4)C(=O)C13)O2. The van der Waals surface area contributed by atoms with Crippen molar-refractivity contribution in [1.29, 1.82) is 0 Å². The molecule has 5 rings (SSSR count). The van der Waals surface area contributed by atoms with Crippen LogP contribution in [0.15, 0.2) is 16.7 Å². The number of aromatic nitrogens is 1. The van der Waals surface area contributed by atoms with Gasteiger partial charge in [-0.05, 0) is 26.7 Å². The summed E-state index contributed by atoms with van der Waals surface area (Å²) in [4.78, 5) is 30.8. The van der Waals surface area contributed by atoms with E-state index in [4.69, 9.17) is 9.26 Å². The van der Waals surface area contributed by atoms with Crippen molar-refractivity contribution in [1.82, 2.24) is 15.0 Å². The molecule has 1 saturated carbocycles. The molecule has 2 bridgehead atoms. The number of hydrogen-bond acceptors (Lipinski definition) is 5. The van der Waals surface area contributed by atoms with Crippen LogP contribution in [-0.4, -0.2) is 58.1 Å².